The smallest absolute Gasteiger partial charge is 0.319 e. The summed E-state index contributed by atoms with van der Waals surface area (Å²) in [6.07, 6.45) is 6.49. The van der Waals surface area contributed by atoms with Gasteiger partial charge in [0.05, 0.1) is 6.61 Å². The van der Waals surface area contributed by atoms with E-state index in [0.717, 1.165) is 0 Å². The highest BCUT2D eigenvalue weighted by Crippen LogP contribution is 2.24. The fourth-order valence-electron chi connectivity index (χ4n) is 2.02. The number of aromatic nitrogens is 2. The zero-order valence-corrected chi connectivity index (χ0v) is 10.7. The van der Waals surface area contributed by atoms with Crippen molar-refractivity contribution in [1.82, 2.24) is 9.97 Å². The zero-order chi connectivity index (χ0) is 11.4. The van der Waals surface area contributed by atoms with E-state index in [4.69, 9.17) is 10.5 Å². The van der Waals surface area contributed by atoms with Gasteiger partial charge in [-0.05, 0) is 34.7 Å². The highest BCUT2D eigenvalue weighted by molar-refractivity contribution is 9.10. The van der Waals surface area contributed by atoms with E-state index in [2.05, 4.69) is 25.9 Å². The van der Waals surface area contributed by atoms with E-state index in [0.29, 0.717) is 29.0 Å². The van der Waals surface area contributed by atoms with Crippen molar-refractivity contribution in [3.05, 3.63) is 10.7 Å². The average molecular weight is 286 g/mol. The highest BCUT2D eigenvalue weighted by atomic mass is 79.9. The van der Waals surface area contributed by atoms with Gasteiger partial charge in [-0.2, -0.15) is 9.97 Å². The minimum atomic E-state index is 0.373. The van der Waals surface area contributed by atoms with E-state index in [1.807, 2.05) is 0 Å². The molecule has 1 fully saturated rings. The predicted molar refractivity (Wildman–Crippen MR) is 66.2 cm³/mol. The lowest BCUT2D eigenvalue weighted by atomic mass is 9.90. The second-order valence-electron chi connectivity index (χ2n) is 4.21. The minimum absolute atomic E-state index is 0.373. The van der Waals surface area contributed by atoms with Crippen molar-refractivity contribution in [1.29, 1.82) is 0 Å². The first-order valence-corrected chi connectivity index (χ1v) is 6.46. The molecular formula is C11H16BrN3O. The van der Waals surface area contributed by atoms with Gasteiger partial charge in [0.2, 0.25) is 0 Å². The van der Waals surface area contributed by atoms with E-state index in [9.17, 15) is 0 Å². The van der Waals surface area contributed by atoms with E-state index in [-0.39, 0.29) is 0 Å². The van der Waals surface area contributed by atoms with Crippen LogP contribution in [0, 0.1) is 5.92 Å². The first kappa shape index (κ1) is 11.6. The van der Waals surface area contributed by atoms with Crippen molar-refractivity contribution in [2.45, 2.75) is 32.1 Å². The molecule has 4 nitrogen and oxygen atoms in total. The number of nitrogen functional groups attached to an aromatic ring is 1. The summed E-state index contributed by atoms with van der Waals surface area (Å²) in [5, 5.41) is 0. The van der Waals surface area contributed by atoms with Gasteiger partial charge in [0.25, 0.3) is 0 Å². The van der Waals surface area contributed by atoms with Gasteiger partial charge in [0.1, 0.15) is 10.4 Å². The van der Waals surface area contributed by atoms with Crippen LogP contribution in [0.15, 0.2) is 10.7 Å². The molecule has 16 heavy (non-hydrogen) atoms. The fourth-order valence-corrected chi connectivity index (χ4v) is 2.41. The number of anilines is 1. The second-order valence-corrected chi connectivity index (χ2v) is 5.03. The summed E-state index contributed by atoms with van der Waals surface area (Å²) in [7, 11) is 0. The van der Waals surface area contributed by atoms with Crippen LogP contribution in [0.5, 0.6) is 6.01 Å². The molecule has 0 bridgehead atoms. The Bertz CT molecular complexity index is 333. The van der Waals surface area contributed by atoms with Crippen LogP contribution in [0.25, 0.3) is 0 Å². The molecule has 0 amide bonds. The lowest BCUT2D eigenvalue weighted by molar-refractivity contribution is 0.196. The molecular weight excluding hydrogens is 270 g/mol. The number of rotatable bonds is 3. The molecule has 5 heteroatoms. The Hall–Kier alpha value is -0.840. The maximum absolute atomic E-state index is 5.61. The molecule has 1 saturated carbocycles. The van der Waals surface area contributed by atoms with Gasteiger partial charge >= 0.3 is 6.01 Å². The van der Waals surface area contributed by atoms with Crippen molar-refractivity contribution in [3.8, 4) is 6.01 Å². The average Bonchev–Trinajstić information content (AvgIpc) is 2.27. The third kappa shape index (κ3) is 3.33. The van der Waals surface area contributed by atoms with Crippen molar-refractivity contribution in [3.63, 3.8) is 0 Å². The first-order valence-electron chi connectivity index (χ1n) is 5.67. The molecule has 1 aliphatic rings. The molecule has 88 valence electrons. The standard InChI is InChI=1S/C11H16BrN3O/c12-9-6-10(13)15-11(14-9)16-7-8-4-2-1-3-5-8/h6,8H,1-5,7H2,(H2,13,14,15). The Morgan fingerprint density at radius 1 is 1.31 bits per heavy atom. The monoisotopic (exact) mass is 285 g/mol. The molecule has 1 aromatic heterocycles. The summed E-state index contributed by atoms with van der Waals surface area (Å²) in [5.41, 5.74) is 5.61. The normalized spacial score (nSPS) is 17.3. The van der Waals surface area contributed by atoms with Crippen LogP contribution in [-0.4, -0.2) is 16.6 Å². The Labute approximate surface area is 104 Å². The third-order valence-corrected chi connectivity index (χ3v) is 3.27. The number of halogens is 1. The van der Waals surface area contributed by atoms with Crippen molar-refractivity contribution >= 4 is 21.7 Å². The Balaban J connectivity index is 1.88. The van der Waals surface area contributed by atoms with Crippen LogP contribution >= 0.6 is 15.9 Å². The third-order valence-electron chi connectivity index (χ3n) is 2.87. The van der Waals surface area contributed by atoms with Gasteiger partial charge in [-0.25, -0.2) is 0 Å². The van der Waals surface area contributed by atoms with Gasteiger partial charge in [-0.1, -0.05) is 19.3 Å². The van der Waals surface area contributed by atoms with E-state index < -0.39 is 0 Å². The van der Waals surface area contributed by atoms with E-state index in [1.165, 1.54) is 32.1 Å². The van der Waals surface area contributed by atoms with Crippen molar-refractivity contribution in [2.24, 2.45) is 5.92 Å². The molecule has 2 N–H and O–H groups in total. The molecule has 0 saturated heterocycles. The Morgan fingerprint density at radius 2 is 2.06 bits per heavy atom. The van der Waals surface area contributed by atoms with Crippen LogP contribution in [0.3, 0.4) is 0 Å². The summed E-state index contributed by atoms with van der Waals surface area (Å²) in [4.78, 5) is 8.15. The van der Waals surface area contributed by atoms with Crippen LogP contribution in [0.2, 0.25) is 0 Å². The highest BCUT2D eigenvalue weighted by Gasteiger charge is 2.14. The summed E-state index contributed by atoms with van der Waals surface area (Å²) < 4.78 is 6.24. The van der Waals surface area contributed by atoms with Gasteiger partial charge in [-0.15, -0.1) is 0 Å². The molecule has 0 unspecified atom stereocenters. The molecule has 0 atom stereocenters. The van der Waals surface area contributed by atoms with E-state index >= 15 is 0 Å². The number of hydrogen-bond donors (Lipinski definition) is 1. The topological polar surface area (TPSA) is 61.0 Å². The molecule has 1 aromatic rings. The van der Waals surface area contributed by atoms with Gasteiger partial charge < -0.3 is 10.5 Å². The maximum Gasteiger partial charge on any atom is 0.319 e. The molecule has 1 aliphatic carbocycles. The van der Waals surface area contributed by atoms with E-state index in [1.54, 1.807) is 6.07 Å². The number of nitrogens with two attached hydrogens (primary N) is 1. The number of ether oxygens (including phenoxy) is 1. The van der Waals surface area contributed by atoms with Crippen molar-refractivity contribution < 1.29 is 4.74 Å². The van der Waals surface area contributed by atoms with Crippen LogP contribution in [0.4, 0.5) is 5.82 Å². The quantitative estimate of drug-likeness (QED) is 0.868. The van der Waals surface area contributed by atoms with Crippen LogP contribution < -0.4 is 10.5 Å². The first-order chi connectivity index (χ1) is 7.74. The minimum Gasteiger partial charge on any atom is -0.463 e. The molecule has 0 aromatic carbocycles. The van der Waals surface area contributed by atoms with Gasteiger partial charge in [0, 0.05) is 6.07 Å². The fraction of sp³-hybridized carbons (Fsp3) is 0.636. The largest absolute Gasteiger partial charge is 0.463 e. The van der Waals surface area contributed by atoms with Crippen LogP contribution in [0.1, 0.15) is 32.1 Å². The summed E-state index contributed by atoms with van der Waals surface area (Å²) in [6.45, 7) is 0.704. The van der Waals surface area contributed by atoms with Gasteiger partial charge in [-0.3, -0.25) is 0 Å². The maximum atomic E-state index is 5.61. The molecule has 0 spiro atoms. The zero-order valence-electron chi connectivity index (χ0n) is 9.16. The number of nitrogens with zero attached hydrogens (tertiary/aromatic N) is 2. The summed E-state index contributed by atoms with van der Waals surface area (Å²) in [5.74, 6) is 1.08. The van der Waals surface area contributed by atoms with Gasteiger partial charge in [0.15, 0.2) is 0 Å². The molecule has 1 heterocycles. The molecule has 2 rings (SSSR count). The van der Waals surface area contributed by atoms with Crippen molar-refractivity contribution in [2.75, 3.05) is 12.3 Å². The summed E-state index contributed by atoms with van der Waals surface area (Å²) >= 11 is 3.27. The number of hydrogen-bond acceptors (Lipinski definition) is 4. The summed E-state index contributed by atoms with van der Waals surface area (Å²) in [6, 6.07) is 2.03. The Kier molecular flexibility index (Phi) is 3.98. The lowest BCUT2D eigenvalue weighted by Crippen LogP contribution is -2.16. The molecule has 0 radical (unpaired) electrons. The lowest BCUT2D eigenvalue weighted by Gasteiger charge is -2.20. The Morgan fingerprint density at radius 3 is 2.75 bits per heavy atom. The second kappa shape index (κ2) is 5.48. The predicted octanol–water partition coefficient (Wildman–Crippen LogP) is 2.78. The SMILES string of the molecule is Nc1cc(Br)nc(OCC2CCCCC2)n1. The molecule has 0 aliphatic heterocycles. The van der Waals surface area contributed by atoms with Crippen LogP contribution in [-0.2, 0) is 0 Å².